The maximum absolute atomic E-state index is 12.1. The molecule has 1 amide bonds. The van der Waals surface area contributed by atoms with Crippen LogP contribution in [0.25, 0.3) is 11.0 Å². The average Bonchev–Trinajstić information content (AvgIpc) is 2.95. The summed E-state index contributed by atoms with van der Waals surface area (Å²) in [6, 6.07) is 9.71. The lowest BCUT2D eigenvalue weighted by molar-refractivity contribution is 0.0997. The number of aryl methyl sites for hydroxylation is 1. The van der Waals surface area contributed by atoms with Crippen LogP contribution in [0.3, 0.4) is 0 Å². The molecule has 0 bridgehead atoms. The van der Waals surface area contributed by atoms with Crippen LogP contribution >= 0.6 is 0 Å². The molecule has 106 valence electrons. The Hall–Kier alpha value is -2.89. The van der Waals surface area contributed by atoms with E-state index in [1.165, 1.54) is 6.07 Å². The summed E-state index contributed by atoms with van der Waals surface area (Å²) in [6.07, 6.45) is 0.786. The fraction of sp³-hybridized carbons (Fsp3) is 0.133. The molecule has 2 aromatic heterocycles. The van der Waals surface area contributed by atoms with Crippen molar-refractivity contribution in [2.24, 2.45) is 0 Å². The molecule has 2 N–H and O–H groups in total. The molecule has 0 aliphatic carbocycles. The number of carbonyl (C=O) groups is 1. The van der Waals surface area contributed by atoms with Crippen LogP contribution in [0.1, 0.15) is 23.2 Å². The van der Waals surface area contributed by atoms with Gasteiger partial charge in [0.2, 0.25) is 0 Å². The van der Waals surface area contributed by atoms with E-state index in [0.717, 1.165) is 12.1 Å². The standard InChI is InChI=1S/C15H13N3O3/c1-2-9-7-14(18-17-9)16-15(20)13-8-11(19)10-5-3-4-6-12(10)21-13/h3-8H,2H2,1H3,(H2,16,17,18,20). The van der Waals surface area contributed by atoms with Crippen LogP contribution in [0, 0.1) is 0 Å². The zero-order chi connectivity index (χ0) is 14.8. The second-order valence-electron chi connectivity index (χ2n) is 4.56. The molecule has 0 saturated carbocycles. The molecule has 6 nitrogen and oxygen atoms in total. The number of hydrogen-bond donors (Lipinski definition) is 2. The van der Waals surface area contributed by atoms with Crippen molar-refractivity contribution in [1.82, 2.24) is 10.2 Å². The molecule has 0 saturated heterocycles. The van der Waals surface area contributed by atoms with Gasteiger partial charge in [0, 0.05) is 17.8 Å². The predicted molar refractivity (Wildman–Crippen MR) is 78.4 cm³/mol. The highest BCUT2D eigenvalue weighted by Gasteiger charge is 2.13. The van der Waals surface area contributed by atoms with Gasteiger partial charge in [0.1, 0.15) is 5.58 Å². The molecule has 3 aromatic rings. The first-order chi connectivity index (χ1) is 10.2. The van der Waals surface area contributed by atoms with Crippen molar-refractivity contribution < 1.29 is 9.21 Å². The third kappa shape index (κ3) is 2.55. The first-order valence-electron chi connectivity index (χ1n) is 6.56. The first kappa shape index (κ1) is 13.1. The second kappa shape index (κ2) is 5.24. The monoisotopic (exact) mass is 283 g/mol. The van der Waals surface area contributed by atoms with Crippen molar-refractivity contribution in [2.45, 2.75) is 13.3 Å². The highest BCUT2D eigenvalue weighted by molar-refractivity contribution is 6.02. The molecular weight excluding hydrogens is 270 g/mol. The second-order valence-corrected chi connectivity index (χ2v) is 4.56. The lowest BCUT2D eigenvalue weighted by Gasteiger charge is -2.02. The van der Waals surface area contributed by atoms with E-state index >= 15 is 0 Å². The van der Waals surface area contributed by atoms with Gasteiger partial charge in [0.15, 0.2) is 17.0 Å². The summed E-state index contributed by atoms with van der Waals surface area (Å²) in [6.45, 7) is 1.97. The zero-order valence-corrected chi connectivity index (χ0v) is 11.3. The van der Waals surface area contributed by atoms with Gasteiger partial charge in [-0.3, -0.25) is 14.7 Å². The largest absolute Gasteiger partial charge is 0.451 e. The molecule has 0 unspecified atom stereocenters. The Bertz CT molecular complexity index is 864. The van der Waals surface area contributed by atoms with Crippen LogP contribution in [0.5, 0.6) is 0 Å². The van der Waals surface area contributed by atoms with Gasteiger partial charge in [0.25, 0.3) is 5.91 Å². The van der Waals surface area contributed by atoms with Crippen LogP contribution in [0.15, 0.2) is 45.6 Å². The van der Waals surface area contributed by atoms with Crippen LogP contribution in [-0.4, -0.2) is 16.1 Å². The molecule has 0 aliphatic heterocycles. The Kier molecular flexibility index (Phi) is 3.27. The van der Waals surface area contributed by atoms with Gasteiger partial charge in [-0.2, -0.15) is 5.10 Å². The lowest BCUT2D eigenvalue weighted by atomic mass is 10.2. The Morgan fingerprint density at radius 2 is 2.14 bits per heavy atom. The number of hydrogen-bond acceptors (Lipinski definition) is 4. The van der Waals surface area contributed by atoms with Crippen molar-refractivity contribution in [3.63, 3.8) is 0 Å². The molecule has 2 heterocycles. The third-order valence-electron chi connectivity index (χ3n) is 3.11. The quantitative estimate of drug-likeness (QED) is 0.772. The molecule has 1 aromatic carbocycles. The zero-order valence-electron chi connectivity index (χ0n) is 11.3. The number of aromatic amines is 1. The number of para-hydroxylation sites is 1. The van der Waals surface area contributed by atoms with Crippen molar-refractivity contribution in [1.29, 1.82) is 0 Å². The molecule has 0 aliphatic rings. The molecule has 0 spiro atoms. The van der Waals surface area contributed by atoms with E-state index in [1.54, 1.807) is 30.3 Å². The Labute approximate surface area is 119 Å². The number of aromatic nitrogens is 2. The van der Waals surface area contributed by atoms with Crippen LogP contribution < -0.4 is 10.7 Å². The summed E-state index contributed by atoms with van der Waals surface area (Å²) < 4.78 is 5.46. The number of nitrogens with one attached hydrogen (secondary N) is 2. The van der Waals surface area contributed by atoms with E-state index < -0.39 is 5.91 Å². The summed E-state index contributed by atoms with van der Waals surface area (Å²) in [4.78, 5) is 24.1. The highest BCUT2D eigenvalue weighted by Crippen LogP contribution is 2.13. The molecule has 0 atom stereocenters. The third-order valence-corrected chi connectivity index (χ3v) is 3.11. The molecule has 3 rings (SSSR count). The number of anilines is 1. The molecular formula is C15H13N3O3. The van der Waals surface area contributed by atoms with E-state index in [4.69, 9.17) is 4.42 Å². The van der Waals surface area contributed by atoms with Crippen molar-refractivity contribution in [3.05, 3.63) is 58.1 Å². The molecule has 0 fully saturated rings. The lowest BCUT2D eigenvalue weighted by Crippen LogP contribution is -2.15. The smallest absolute Gasteiger partial charge is 0.292 e. The van der Waals surface area contributed by atoms with Gasteiger partial charge in [0.05, 0.1) is 5.39 Å². The number of carbonyl (C=O) groups excluding carboxylic acids is 1. The fourth-order valence-corrected chi connectivity index (χ4v) is 2.00. The maximum Gasteiger partial charge on any atom is 0.292 e. The van der Waals surface area contributed by atoms with E-state index in [9.17, 15) is 9.59 Å². The number of benzene rings is 1. The average molecular weight is 283 g/mol. The maximum atomic E-state index is 12.1. The van der Waals surface area contributed by atoms with Crippen LogP contribution in [0.2, 0.25) is 0 Å². The van der Waals surface area contributed by atoms with Gasteiger partial charge < -0.3 is 9.73 Å². The first-order valence-corrected chi connectivity index (χ1v) is 6.56. The van der Waals surface area contributed by atoms with E-state index in [-0.39, 0.29) is 11.2 Å². The molecule has 6 heteroatoms. The van der Waals surface area contributed by atoms with Crippen molar-refractivity contribution in [2.75, 3.05) is 5.32 Å². The minimum atomic E-state index is -0.507. The summed E-state index contributed by atoms with van der Waals surface area (Å²) in [5, 5.41) is 9.79. The van der Waals surface area contributed by atoms with Gasteiger partial charge >= 0.3 is 0 Å². The highest BCUT2D eigenvalue weighted by atomic mass is 16.3. The van der Waals surface area contributed by atoms with Gasteiger partial charge in [-0.05, 0) is 18.6 Å². The molecule has 21 heavy (non-hydrogen) atoms. The Balaban J connectivity index is 1.92. The predicted octanol–water partition coefficient (Wildman–Crippen LogP) is 2.33. The Morgan fingerprint density at radius 3 is 2.90 bits per heavy atom. The van der Waals surface area contributed by atoms with E-state index in [1.807, 2.05) is 6.92 Å². The summed E-state index contributed by atoms with van der Waals surface area (Å²) in [5.41, 5.74) is 1.04. The number of H-pyrrole nitrogens is 1. The number of rotatable bonds is 3. The van der Waals surface area contributed by atoms with Gasteiger partial charge in [-0.15, -0.1) is 0 Å². The van der Waals surface area contributed by atoms with E-state index in [0.29, 0.717) is 16.8 Å². The van der Waals surface area contributed by atoms with Gasteiger partial charge in [-0.25, -0.2) is 0 Å². The fourth-order valence-electron chi connectivity index (χ4n) is 2.00. The Morgan fingerprint density at radius 1 is 1.33 bits per heavy atom. The summed E-state index contributed by atoms with van der Waals surface area (Å²) >= 11 is 0. The van der Waals surface area contributed by atoms with Crippen LogP contribution in [-0.2, 0) is 6.42 Å². The van der Waals surface area contributed by atoms with Crippen molar-refractivity contribution in [3.8, 4) is 0 Å². The number of nitrogens with zero attached hydrogens (tertiary/aromatic N) is 1. The number of amides is 1. The minimum absolute atomic E-state index is 0.0419. The van der Waals surface area contributed by atoms with Gasteiger partial charge in [-0.1, -0.05) is 19.1 Å². The minimum Gasteiger partial charge on any atom is -0.451 e. The van der Waals surface area contributed by atoms with E-state index in [2.05, 4.69) is 15.5 Å². The SMILES string of the molecule is CCc1cc(NC(=O)c2cc(=O)c3ccccc3o2)n[nH]1. The molecule has 0 radical (unpaired) electrons. The normalized spacial score (nSPS) is 10.7. The summed E-state index contributed by atoms with van der Waals surface area (Å²) in [7, 11) is 0. The number of fused-ring (bicyclic) bond motifs is 1. The topological polar surface area (TPSA) is 88.0 Å². The van der Waals surface area contributed by atoms with Crippen molar-refractivity contribution >= 4 is 22.7 Å². The summed E-state index contributed by atoms with van der Waals surface area (Å²) in [5.74, 6) is -0.153. The van der Waals surface area contributed by atoms with Crippen LogP contribution in [0.4, 0.5) is 5.82 Å².